The van der Waals surface area contributed by atoms with Crippen LogP contribution in [0.2, 0.25) is 0 Å². The number of carbonyl (C=O) groups excluding carboxylic acids is 3. The van der Waals surface area contributed by atoms with E-state index in [1.165, 1.54) is 11.8 Å². The van der Waals surface area contributed by atoms with E-state index < -0.39 is 33.8 Å². The molecule has 0 aromatic heterocycles. The lowest BCUT2D eigenvalue weighted by molar-refractivity contribution is -0.205. The third-order valence-electron chi connectivity index (χ3n) is 12.0. The smallest absolute Gasteiger partial charge is 0.316 e. The monoisotopic (exact) mass is 591 g/mol. The summed E-state index contributed by atoms with van der Waals surface area (Å²) in [5.41, 5.74) is 4.95. The molecule has 4 rings (SSSR count). The van der Waals surface area contributed by atoms with Gasteiger partial charge in [-0.1, -0.05) is 33.8 Å². The first-order valence-electron chi connectivity index (χ1n) is 15.4. The van der Waals surface area contributed by atoms with Gasteiger partial charge in [0.25, 0.3) is 0 Å². The summed E-state index contributed by atoms with van der Waals surface area (Å²) >= 11 is 1.34. The van der Waals surface area contributed by atoms with Gasteiger partial charge in [-0.2, -0.15) is 0 Å². The molecule has 3 aliphatic carbocycles. The van der Waals surface area contributed by atoms with E-state index in [1.807, 2.05) is 38.8 Å². The number of carbonyl (C=O) groups is 3. The van der Waals surface area contributed by atoms with Gasteiger partial charge in [0.2, 0.25) is 5.91 Å². The van der Waals surface area contributed by atoms with Crippen LogP contribution in [0.15, 0.2) is 12.7 Å². The van der Waals surface area contributed by atoms with E-state index in [-0.39, 0.29) is 46.6 Å². The first-order valence-corrected chi connectivity index (χ1v) is 16.4. The normalized spacial score (nSPS) is 40.8. The zero-order valence-corrected chi connectivity index (χ0v) is 27.1. The molecule has 1 aliphatic heterocycles. The topological polar surface area (TPSA) is 113 Å². The van der Waals surface area contributed by atoms with Gasteiger partial charge in [-0.05, 0) is 63.8 Å². The van der Waals surface area contributed by atoms with Gasteiger partial charge in [-0.3, -0.25) is 14.4 Å². The maximum absolute atomic E-state index is 13.6. The van der Waals surface area contributed by atoms with Crippen molar-refractivity contribution in [3.05, 3.63) is 12.7 Å². The Morgan fingerprint density at radius 1 is 1.22 bits per heavy atom. The number of nitrogens with two attached hydrogens (primary N) is 1. The van der Waals surface area contributed by atoms with Gasteiger partial charge in [0.15, 0.2) is 0 Å². The first-order chi connectivity index (χ1) is 19.0. The average Bonchev–Trinajstić information content (AvgIpc) is 3.30. The lowest BCUT2D eigenvalue weighted by Gasteiger charge is -2.61. The number of piperazine rings is 1. The summed E-state index contributed by atoms with van der Waals surface area (Å²) in [7, 11) is 2.04. The predicted octanol–water partition coefficient (Wildman–Crippen LogP) is 3.51. The molecule has 9 heteroatoms. The summed E-state index contributed by atoms with van der Waals surface area (Å²) in [5.74, 6) is -0.327. The Morgan fingerprint density at radius 2 is 1.85 bits per heavy atom. The van der Waals surface area contributed by atoms with Gasteiger partial charge in [0.05, 0.1) is 17.9 Å². The van der Waals surface area contributed by atoms with Crippen molar-refractivity contribution in [1.29, 1.82) is 0 Å². The number of Topliss-reactive ketones (excluding diaryl/α,β-unsaturated/α-hetero) is 1. The standard InChI is InChI=1S/C32H53N3O5S/c1-9-30(6)18-23(31(7)20(2)10-12-32(21(3)27(30)38)13-11-22(36)25(31)32)40-24(37)19-41-29(4,5)26(33)28(39)35-16-14-34(8)15-17-35/h9,20-21,23,25-27,38H,1,10-19,33H2,2-8H3/t20-,21+,23-,25+,26+,27+,30-,31+,32+/m1/s1. The van der Waals surface area contributed by atoms with Crippen LogP contribution in [0.3, 0.4) is 0 Å². The maximum Gasteiger partial charge on any atom is 0.316 e. The average molecular weight is 592 g/mol. The van der Waals surface area contributed by atoms with Crippen molar-refractivity contribution in [2.24, 2.45) is 39.7 Å². The zero-order chi connectivity index (χ0) is 30.5. The fraction of sp³-hybridized carbons (Fsp3) is 0.844. The van der Waals surface area contributed by atoms with Crippen LogP contribution >= 0.6 is 11.8 Å². The molecule has 9 atom stereocenters. The third kappa shape index (κ3) is 5.53. The molecule has 232 valence electrons. The third-order valence-corrected chi connectivity index (χ3v) is 13.3. The van der Waals surface area contributed by atoms with Crippen molar-refractivity contribution in [2.45, 2.75) is 96.6 Å². The van der Waals surface area contributed by atoms with Crippen LogP contribution in [0.4, 0.5) is 0 Å². The number of rotatable bonds is 7. The van der Waals surface area contributed by atoms with E-state index >= 15 is 0 Å². The molecule has 4 fully saturated rings. The molecule has 0 unspecified atom stereocenters. The number of amides is 1. The Labute approximate surface area is 251 Å². The molecule has 4 aliphatic rings. The first kappa shape index (κ1) is 32.5. The molecule has 0 aromatic carbocycles. The van der Waals surface area contributed by atoms with E-state index in [0.29, 0.717) is 25.9 Å². The molecule has 2 bridgehead atoms. The number of ketones is 1. The van der Waals surface area contributed by atoms with Crippen LogP contribution in [0, 0.1) is 34.0 Å². The molecule has 41 heavy (non-hydrogen) atoms. The number of ether oxygens (including phenoxy) is 1. The molecule has 1 saturated heterocycles. The minimum Gasteiger partial charge on any atom is -0.461 e. The van der Waals surface area contributed by atoms with E-state index in [9.17, 15) is 19.5 Å². The van der Waals surface area contributed by atoms with Crippen LogP contribution in [-0.2, 0) is 19.1 Å². The van der Waals surface area contributed by atoms with Crippen molar-refractivity contribution in [1.82, 2.24) is 9.80 Å². The van der Waals surface area contributed by atoms with Gasteiger partial charge >= 0.3 is 5.97 Å². The van der Waals surface area contributed by atoms with Crippen LogP contribution in [0.25, 0.3) is 0 Å². The van der Waals surface area contributed by atoms with Gasteiger partial charge in [0, 0.05) is 54.1 Å². The van der Waals surface area contributed by atoms with Crippen LogP contribution < -0.4 is 5.73 Å². The Kier molecular flexibility index (Phi) is 9.18. The number of nitrogens with zero attached hydrogens (tertiary/aromatic N) is 2. The molecule has 8 nitrogen and oxygen atoms in total. The summed E-state index contributed by atoms with van der Waals surface area (Å²) in [5, 5.41) is 11.7. The van der Waals surface area contributed by atoms with Crippen molar-refractivity contribution >= 4 is 29.4 Å². The van der Waals surface area contributed by atoms with E-state index in [0.717, 1.165) is 32.4 Å². The summed E-state index contributed by atoms with van der Waals surface area (Å²) < 4.78 is 5.69. The summed E-state index contributed by atoms with van der Waals surface area (Å²) in [6, 6.07) is -0.751. The number of aliphatic hydroxyl groups excluding tert-OH is 1. The van der Waals surface area contributed by atoms with Crippen LogP contribution in [-0.4, -0.2) is 94.5 Å². The highest BCUT2D eigenvalue weighted by Gasteiger charge is 2.68. The lowest BCUT2D eigenvalue weighted by atomic mass is 9.44. The van der Waals surface area contributed by atoms with E-state index in [1.54, 1.807) is 0 Å². The van der Waals surface area contributed by atoms with E-state index in [4.69, 9.17) is 10.5 Å². The highest BCUT2D eigenvalue weighted by atomic mass is 32.2. The molecule has 0 radical (unpaired) electrons. The molecular formula is C32H53N3O5S. The molecule has 1 heterocycles. The molecule has 3 saturated carbocycles. The maximum atomic E-state index is 13.6. The van der Waals surface area contributed by atoms with Crippen molar-refractivity contribution < 1.29 is 24.2 Å². The van der Waals surface area contributed by atoms with Gasteiger partial charge in [-0.25, -0.2) is 0 Å². The van der Waals surface area contributed by atoms with Crippen molar-refractivity contribution in [3.8, 4) is 0 Å². The fourth-order valence-corrected chi connectivity index (χ4v) is 9.39. The van der Waals surface area contributed by atoms with Gasteiger partial charge < -0.3 is 25.4 Å². The minimum atomic E-state index is -0.751. The summed E-state index contributed by atoms with van der Waals surface area (Å²) in [4.78, 5) is 44.3. The van der Waals surface area contributed by atoms with Gasteiger partial charge in [-0.15, -0.1) is 18.3 Å². The van der Waals surface area contributed by atoms with Crippen LogP contribution in [0.5, 0.6) is 0 Å². The molecule has 0 aromatic rings. The zero-order valence-electron chi connectivity index (χ0n) is 26.3. The Morgan fingerprint density at radius 3 is 2.46 bits per heavy atom. The summed E-state index contributed by atoms with van der Waals surface area (Å²) in [6.07, 6.45) is 4.09. The van der Waals surface area contributed by atoms with Crippen LogP contribution in [0.1, 0.15) is 73.6 Å². The Balaban J connectivity index is 1.54. The van der Waals surface area contributed by atoms with E-state index in [2.05, 4.69) is 32.3 Å². The molecule has 1 amide bonds. The number of hydrogen-bond donors (Lipinski definition) is 2. The number of thioether (sulfide) groups is 1. The second-order valence-corrected chi connectivity index (χ2v) is 16.2. The predicted molar refractivity (Wildman–Crippen MR) is 163 cm³/mol. The van der Waals surface area contributed by atoms with Crippen molar-refractivity contribution in [2.75, 3.05) is 39.0 Å². The number of aliphatic hydroxyl groups is 1. The molecule has 0 spiro atoms. The largest absolute Gasteiger partial charge is 0.461 e. The Hall–Kier alpha value is -1.42. The quantitative estimate of drug-likeness (QED) is 0.342. The van der Waals surface area contributed by atoms with Gasteiger partial charge in [0.1, 0.15) is 11.9 Å². The highest BCUT2D eigenvalue weighted by molar-refractivity contribution is 8.01. The summed E-state index contributed by atoms with van der Waals surface area (Å²) in [6.45, 7) is 19.3. The minimum absolute atomic E-state index is 0.0468. The lowest BCUT2D eigenvalue weighted by Crippen LogP contribution is -2.63. The molecular weight excluding hydrogens is 538 g/mol. The highest BCUT2D eigenvalue weighted by Crippen LogP contribution is 2.68. The number of hydrogen-bond acceptors (Lipinski definition) is 8. The number of likely N-dealkylation sites (N-methyl/N-ethyl adjacent to an activating group) is 1. The van der Waals surface area contributed by atoms with Crippen molar-refractivity contribution in [3.63, 3.8) is 0 Å². The molecule has 3 N–H and O–H groups in total. The fourth-order valence-electron chi connectivity index (χ4n) is 8.55. The second-order valence-electron chi connectivity index (χ2n) is 14.6. The second kappa shape index (κ2) is 11.6. The Bertz CT molecular complexity index is 1040. The number of esters is 1. The SMILES string of the molecule is C=C[C@]1(C)C[C@@H](OC(=O)CSC(C)(C)[C@@H](N)C(=O)N2CCN(C)CC2)[C@]2(C)[C@H](C)CC[C@]3(CCC(=O)[C@H]32)[C@@H](C)[C@@H]1O.